The standard InChI is InChI=1S/C17H23N3O4/c1-12-3-5-13(6-4-12)11-20-10-7-14(16(20)23)18-17(24)19(2)9-8-15(21)22/h3-6,14H,7-11H2,1-2H3,(H,18,24)(H,21,22). The molecule has 1 heterocycles. The number of nitrogens with zero attached hydrogens (tertiary/aromatic N) is 2. The predicted molar refractivity (Wildman–Crippen MR) is 88.4 cm³/mol. The Bertz CT molecular complexity index is 615. The monoisotopic (exact) mass is 333 g/mol. The molecule has 1 fully saturated rings. The largest absolute Gasteiger partial charge is 0.481 e. The molecule has 0 aromatic heterocycles. The Balaban J connectivity index is 1.85. The molecule has 1 aromatic rings. The zero-order valence-electron chi connectivity index (χ0n) is 14.0. The van der Waals surface area contributed by atoms with Crippen LogP contribution < -0.4 is 5.32 Å². The van der Waals surface area contributed by atoms with Crippen LogP contribution in [0.15, 0.2) is 24.3 Å². The minimum atomic E-state index is -0.962. The van der Waals surface area contributed by atoms with Crippen LogP contribution in [0.1, 0.15) is 24.0 Å². The summed E-state index contributed by atoms with van der Waals surface area (Å²) in [6.45, 7) is 3.24. The number of amides is 3. The Labute approximate surface area is 141 Å². The van der Waals surface area contributed by atoms with Crippen LogP contribution in [0.3, 0.4) is 0 Å². The molecule has 0 saturated carbocycles. The van der Waals surface area contributed by atoms with Crippen molar-refractivity contribution in [2.45, 2.75) is 32.4 Å². The first-order valence-corrected chi connectivity index (χ1v) is 7.94. The Morgan fingerprint density at radius 2 is 2.00 bits per heavy atom. The maximum Gasteiger partial charge on any atom is 0.317 e. The molecule has 1 unspecified atom stereocenters. The first-order valence-electron chi connectivity index (χ1n) is 7.94. The topological polar surface area (TPSA) is 90.0 Å². The number of likely N-dealkylation sites (tertiary alicyclic amines) is 1. The fraction of sp³-hybridized carbons (Fsp3) is 0.471. The van der Waals surface area contributed by atoms with E-state index in [9.17, 15) is 14.4 Å². The molecule has 24 heavy (non-hydrogen) atoms. The van der Waals surface area contributed by atoms with Gasteiger partial charge in [-0.2, -0.15) is 0 Å². The Morgan fingerprint density at radius 3 is 2.62 bits per heavy atom. The normalized spacial score (nSPS) is 17.0. The van der Waals surface area contributed by atoms with Gasteiger partial charge in [0.15, 0.2) is 0 Å². The summed E-state index contributed by atoms with van der Waals surface area (Å²) in [5, 5.41) is 11.3. The highest BCUT2D eigenvalue weighted by atomic mass is 16.4. The van der Waals surface area contributed by atoms with E-state index < -0.39 is 18.0 Å². The van der Waals surface area contributed by atoms with Gasteiger partial charge in [-0.1, -0.05) is 29.8 Å². The minimum Gasteiger partial charge on any atom is -0.481 e. The second-order valence-electron chi connectivity index (χ2n) is 6.10. The van der Waals surface area contributed by atoms with Crippen molar-refractivity contribution in [2.75, 3.05) is 20.1 Å². The summed E-state index contributed by atoms with van der Waals surface area (Å²) >= 11 is 0. The van der Waals surface area contributed by atoms with Gasteiger partial charge < -0.3 is 20.2 Å². The Morgan fingerprint density at radius 1 is 1.33 bits per heavy atom. The molecule has 130 valence electrons. The van der Waals surface area contributed by atoms with E-state index >= 15 is 0 Å². The predicted octanol–water partition coefficient (Wildman–Crippen LogP) is 1.21. The lowest BCUT2D eigenvalue weighted by Crippen LogP contribution is -2.47. The quantitative estimate of drug-likeness (QED) is 0.819. The molecule has 1 saturated heterocycles. The van der Waals surface area contributed by atoms with Crippen LogP contribution in [0.4, 0.5) is 4.79 Å². The molecule has 2 N–H and O–H groups in total. The molecular formula is C17H23N3O4. The van der Waals surface area contributed by atoms with Gasteiger partial charge >= 0.3 is 12.0 Å². The summed E-state index contributed by atoms with van der Waals surface area (Å²) in [6, 6.07) is 7.03. The highest BCUT2D eigenvalue weighted by Gasteiger charge is 2.33. The van der Waals surface area contributed by atoms with E-state index in [1.807, 2.05) is 31.2 Å². The van der Waals surface area contributed by atoms with Gasteiger partial charge in [0.25, 0.3) is 0 Å². The average molecular weight is 333 g/mol. The highest BCUT2D eigenvalue weighted by molar-refractivity contribution is 5.88. The summed E-state index contributed by atoms with van der Waals surface area (Å²) in [7, 11) is 1.52. The van der Waals surface area contributed by atoms with Crippen molar-refractivity contribution in [1.82, 2.24) is 15.1 Å². The summed E-state index contributed by atoms with van der Waals surface area (Å²) in [5.41, 5.74) is 2.22. The molecule has 2 rings (SSSR count). The van der Waals surface area contributed by atoms with E-state index in [1.165, 1.54) is 17.5 Å². The smallest absolute Gasteiger partial charge is 0.317 e. The molecule has 0 radical (unpaired) electrons. The van der Waals surface area contributed by atoms with Crippen LogP contribution in [-0.2, 0) is 16.1 Å². The summed E-state index contributed by atoms with van der Waals surface area (Å²) in [6.07, 6.45) is 0.436. The third-order valence-electron chi connectivity index (χ3n) is 4.10. The number of aliphatic carboxylic acids is 1. The van der Waals surface area contributed by atoms with Crippen molar-refractivity contribution in [2.24, 2.45) is 0 Å². The van der Waals surface area contributed by atoms with Gasteiger partial charge in [-0.25, -0.2) is 4.79 Å². The van der Waals surface area contributed by atoms with Gasteiger partial charge in [-0.05, 0) is 18.9 Å². The first kappa shape index (κ1) is 17.8. The molecule has 0 spiro atoms. The van der Waals surface area contributed by atoms with E-state index in [0.29, 0.717) is 19.5 Å². The molecule has 1 aliphatic rings. The van der Waals surface area contributed by atoms with E-state index in [1.54, 1.807) is 4.90 Å². The Hall–Kier alpha value is -2.57. The number of urea groups is 1. The van der Waals surface area contributed by atoms with Gasteiger partial charge in [-0.15, -0.1) is 0 Å². The van der Waals surface area contributed by atoms with Crippen molar-refractivity contribution >= 4 is 17.9 Å². The average Bonchev–Trinajstić information content (AvgIpc) is 2.87. The van der Waals surface area contributed by atoms with Gasteiger partial charge in [-0.3, -0.25) is 9.59 Å². The van der Waals surface area contributed by atoms with Gasteiger partial charge in [0.05, 0.1) is 6.42 Å². The van der Waals surface area contributed by atoms with Crippen molar-refractivity contribution in [1.29, 1.82) is 0 Å². The second-order valence-corrected chi connectivity index (χ2v) is 6.10. The zero-order valence-corrected chi connectivity index (χ0v) is 14.0. The number of rotatable bonds is 6. The molecule has 3 amide bonds. The third kappa shape index (κ3) is 4.71. The summed E-state index contributed by atoms with van der Waals surface area (Å²) in [5.74, 6) is -1.06. The lowest BCUT2D eigenvalue weighted by molar-refractivity contribution is -0.137. The van der Waals surface area contributed by atoms with Crippen LogP contribution in [-0.4, -0.2) is 59.0 Å². The first-order chi connectivity index (χ1) is 11.4. The highest BCUT2D eigenvalue weighted by Crippen LogP contribution is 2.16. The number of carbonyl (C=O) groups excluding carboxylic acids is 2. The summed E-state index contributed by atoms with van der Waals surface area (Å²) < 4.78 is 0. The van der Waals surface area contributed by atoms with Crippen molar-refractivity contribution in [3.8, 4) is 0 Å². The summed E-state index contributed by atoms with van der Waals surface area (Å²) in [4.78, 5) is 38.0. The molecule has 0 bridgehead atoms. The number of carbonyl (C=O) groups is 3. The molecule has 7 nitrogen and oxygen atoms in total. The Kier molecular flexibility index (Phi) is 5.78. The third-order valence-corrected chi connectivity index (χ3v) is 4.10. The zero-order chi connectivity index (χ0) is 17.7. The van der Waals surface area contributed by atoms with Crippen LogP contribution in [0.25, 0.3) is 0 Å². The van der Waals surface area contributed by atoms with E-state index in [0.717, 1.165) is 5.56 Å². The van der Waals surface area contributed by atoms with E-state index in [4.69, 9.17) is 5.11 Å². The molecule has 1 atom stereocenters. The van der Waals surface area contributed by atoms with Gasteiger partial charge in [0.1, 0.15) is 6.04 Å². The fourth-order valence-corrected chi connectivity index (χ4v) is 2.57. The van der Waals surface area contributed by atoms with Crippen molar-refractivity contribution < 1.29 is 19.5 Å². The lowest BCUT2D eigenvalue weighted by atomic mass is 10.1. The maximum absolute atomic E-state index is 12.4. The number of nitrogens with one attached hydrogen (secondary N) is 1. The van der Waals surface area contributed by atoms with Crippen molar-refractivity contribution in [3.63, 3.8) is 0 Å². The molecule has 1 aromatic carbocycles. The van der Waals surface area contributed by atoms with Crippen molar-refractivity contribution in [3.05, 3.63) is 35.4 Å². The molecule has 0 aliphatic carbocycles. The number of carboxylic acid groups (broad SMARTS) is 1. The van der Waals surface area contributed by atoms with Gasteiger partial charge in [0, 0.05) is 26.7 Å². The number of carboxylic acids is 1. The number of hydrogen-bond acceptors (Lipinski definition) is 3. The molecular weight excluding hydrogens is 310 g/mol. The van der Waals surface area contributed by atoms with Crippen LogP contribution in [0, 0.1) is 6.92 Å². The van der Waals surface area contributed by atoms with Crippen LogP contribution in [0.2, 0.25) is 0 Å². The molecule has 7 heteroatoms. The SMILES string of the molecule is Cc1ccc(CN2CCC(NC(=O)N(C)CCC(=O)O)C2=O)cc1. The number of hydrogen-bond donors (Lipinski definition) is 2. The van der Waals surface area contributed by atoms with Gasteiger partial charge in [0.2, 0.25) is 5.91 Å². The van der Waals surface area contributed by atoms with Crippen LogP contribution in [0.5, 0.6) is 0 Å². The van der Waals surface area contributed by atoms with Crippen LogP contribution >= 0.6 is 0 Å². The molecule has 1 aliphatic heterocycles. The lowest BCUT2D eigenvalue weighted by Gasteiger charge is -2.20. The van der Waals surface area contributed by atoms with E-state index in [-0.39, 0.29) is 18.9 Å². The fourth-order valence-electron chi connectivity index (χ4n) is 2.57. The minimum absolute atomic E-state index is 0.101. The maximum atomic E-state index is 12.4. The second kappa shape index (κ2) is 7.81. The number of benzene rings is 1. The number of aryl methyl sites for hydroxylation is 1. The van der Waals surface area contributed by atoms with E-state index in [2.05, 4.69) is 5.32 Å².